The SMILES string of the molecule is C=CC(=S=C=CC)n1c(NC)nc2ccccc21. The normalized spacial score (nSPS) is 9.67. The highest BCUT2D eigenvalue weighted by atomic mass is 32.1. The number of rotatable bonds is 2. The summed E-state index contributed by atoms with van der Waals surface area (Å²) in [7, 11) is 3.36. The van der Waals surface area contributed by atoms with Crippen LogP contribution in [0.1, 0.15) is 6.92 Å². The number of imidazole rings is 1. The molecule has 0 aliphatic carbocycles. The number of allylic oxidation sites excluding steroid dienone is 2. The molecule has 2 aromatic rings. The Morgan fingerprint density at radius 2 is 2.28 bits per heavy atom. The average molecular weight is 257 g/mol. The van der Waals surface area contributed by atoms with E-state index in [1.54, 1.807) is 0 Å². The number of hydrogen-bond acceptors (Lipinski definition) is 2. The fourth-order valence-electron chi connectivity index (χ4n) is 1.71. The van der Waals surface area contributed by atoms with Gasteiger partial charge in [-0.25, -0.2) is 4.98 Å². The first-order valence-corrected chi connectivity index (χ1v) is 6.48. The third kappa shape index (κ3) is 2.16. The van der Waals surface area contributed by atoms with Crippen molar-refractivity contribution in [3.05, 3.63) is 43.0 Å². The van der Waals surface area contributed by atoms with E-state index in [9.17, 15) is 0 Å². The molecule has 1 N–H and O–H groups in total. The van der Waals surface area contributed by atoms with Crippen molar-refractivity contribution in [2.75, 3.05) is 12.4 Å². The van der Waals surface area contributed by atoms with Crippen LogP contribution in [0, 0.1) is 0 Å². The second-order valence-electron chi connectivity index (χ2n) is 3.56. The summed E-state index contributed by atoms with van der Waals surface area (Å²) < 4.78 is 2.05. The molecule has 0 aliphatic rings. The maximum Gasteiger partial charge on any atom is 0.209 e. The number of aromatic nitrogens is 2. The molecule has 1 aromatic heterocycles. The van der Waals surface area contributed by atoms with E-state index in [0.717, 1.165) is 22.0 Å². The van der Waals surface area contributed by atoms with Crippen LogP contribution in [-0.2, 0) is 0 Å². The molecule has 92 valence electrons. The summed E-state index contributed by atoms with van der Waals surface area (Å²) in [5, 5.41) is 6.22. The number of anilines is 1. The molecule has 0 unspecified atom stereocenters. The lowest BCUT2D eigenvalue weighted by Crippen LogP contribution is -2.09. The van der Waals surface area contributed by atoms with Crippen LogP contribution in [0.5, 0.6) is 0 Å². The molecule has 1 aromatic carbocycles. The highest BCUT2D eigenvalue weighted by Crippen LogP contribution is 2.19. The molecule has 0 bridgehead atoms. The van der Waals surface area contributed by atoms with Crippen molar-refractivity contribution >= 4 is 37.9 Å². The molecule has 0 aliphatic heterocycles. The molecule has 0 saturated carbocycles. The Hall–Kier alpha value is -2.03. The summed E-state index contributed by atoms with van der Waals surface area (Å²) in [5.74, 6) is 0.802. The first-order chi connectivity index (χ1) is 8.81. The number of hydrogen-bond donors (Lipinski definition) is 1. The Balaban J connectivity index is 2.83. The lowest BCUT2D eigenvalue weighted by molar-refractivity contribution is 1.18. The van der Waals surface area contributed by atoms with Crippen LogP contribution < -0.4 is 5.32 Å². The van der Waals surface area contributed by atoms with Crippen molar-refractivity contribution < 1.29 is 0 Å². The van der Waals surface area contributed by atoms with E-state index in [0.29, 0.717) is 0 Å². The Bertz CT molecular complexity index is 684. The summed E-state index contributed by atoms with van der Waals surface area (Å²) in [6, 6.07) is 8.03. The summed E-state index contributed by atoms with van der Waals surface area (Å²) in [5.41, 5.74) is 2.02. The van der Waals surface area contributed by atoms with Crippen LogP contribution in [0.3, 0.4) is 0 Å². The smallest absolute Gasteiger partial charge is 0.209 e. The number of nitrogens with one attached hydrogen (secondary N) is 1. The van der Waals surface area contributed by atoms with Gasteiger partial charge in [-0.1, -0.05) is 34.7 Å². The van der Waals surface area contributed by atoms with E-state index in [2.05, 4.69) is 21.9 Å². The van der Waals surface area contributed by atoms with Crippen LogP contribution in [0.25, 0.3) is 11.0 Å². The van der Waals surface area contributed by atoms with Crippen molar-refractivity contribution in [1.29, 1.82) is 0 Å². The predicted octanol–water partition coefficient (Wildman–Crippen LogP) is 2.95. The second-order valence-corrected chi connectivity index (χ2v) is 4.42. The number of nitrogens with zero attached hydrogens (tertiary/aromatic N) is 2. The number of benzene rings is 1. The van der Waals surface area contributed by atoms with Gasteiger partial charge in [0.1, 0.15) is 4.99 Å². The van der Waals surface area contributed by atoms with E-state index in [1.165, 1.54) is 10.9 Å². The molecule has 18 heavy (non-hydrogen) atoms. The third-order valence-corrected chi connectivity index (χ3v) is 3.37. The maximum atomic E-state index is 4.54. The predicted molar refractivity (Wildman–Crippen MR) is 82.7 cm³/mol. The Labute approximate surface area is 110 Å². The maximum absolute atomic E-state index is 4.54. The Morgan fingerprint density at radius 3 is 2.94 bits per heavy atom. The number of para-hydroxylation sites is 2. The monoisotopic (exact) mass is 257 g/mol. The van der Waals surface area contributed by atoms with Gasteiger partial charge in [0.2, 0.25) is 5.95 Å². The van der Waals surface area contributed by atoms with Crippen LogP contribution in [0.2, 0.25) is 0 Å². The summed E-state index contributed by atoms with van der Waals surface area (Å²) in [4.78, 5) is 5.52. The van der Waals surface area contributed by atoms with E-state index < -0.39 is 0 Å². The van der Waals surface area contributed by atoms with Gasteiger partial charge >= 0.3 is 0 Å². The number of fused-ring (bicyclic) bond motifs is 1. The minimum atomic E-state index is 0.802. The molecule has 0 fully saturated rings. The molecular weight excluding hydrogens is 242 g/mol. The zero-order valence-electron chi connectivity index (χ0n) is 10.5. The van der Waals surface area contributed by atoms with Crippen LogP contribution in [-0.4, -0.2) is 26.6 Å². The third-order valence-electron chi connectivity index (χ3n) is 2.46. The van der Waals surface area contributed by atoms with Gasteiger partial charge in [0.05, 0.1) is 11.0 Å². The molecule has 2 rings (SSSR count). The van der Waals surface area contributed by atoms with Gasteiger partial charge in [0.15, 0.2) is 0 Å². The summed E-state index contributed by atoms with van der Waals surface area (Å²) >= 11 is 0. The summed E-state index contributed by atoms with van der Waals surface area (Å²) in [6.45, 7) is 5.81. The minimum absolute atomic E-state index is 0.802. The fraction of sp³-hybridized carbons (Fsp3) is 0.143. The van der Waals surface area contributed by atoms with E-state index in [4.69, 9.17) is 0 Å². The fourth-order valence-corrected chi connectivity index (χ4v) is 2.31. The van der Waals surface area contributed by atoms with Crippen LogP contribution in [0.4, 0.5) is 5.95 Å². The molecule has 0 radical (unpaired) electrons. The molecule has 0 spiro atoms. The summed E-state index contributed by atoms with van der Waals surface area (Å²) in [6.07, 6.45) is 3.70. The lowest BCUT2D eigenvalue weighted by atomic mass is 10.3. The van der Waals surface area contributed by atoms with Crippen molar-refractivity contribution in [2.24, 2.45) is 0 Å². The van der Waals surface area contributed by atoms with Crippen LogP contribution in [0.15, 0.2) is 43.0 Å². The lowest BCUT2D eigenvalue weighted by Gasteiger charge is -2.06. The van der Waals surface area contributed by atoms with Crippen LogP contribution >= 0.6 is 10.9 Å². The zero-order chi connectivity index (χ0) is 13.0. The molecule has 0 atom stereocenters. The van der Waals surface area contributed by atoms with Gasteiger partial charge in [-0.05, 0) is 31.2 Å². The standard InChI is InChI=1S/C14H15N3S/c1-4-10-18-13(5-2)17-12-9-7-6-8-11(12)16-14(17)15-3/h4-9H,2H2,1,3H3,(H,15,16). The van der Waals surface area contributed by atoms with Gasteiger partial charge in [0, 0.05) is 7.05 Å². The topological polar surface area (TPSA) is 29.9 Å². The van der Waals surface area contributed by atoms with E-state index >= 15 is 0 Å². The minimum Gasteiger partial charge on any atom is -0.358 e. The molecule has 0 saturated heterocycles. The van der Waals surface area contributed by atoms with E-state index in [1.807, 2.05) is 55.0 Å². The quantitative estimate of drug-likeness (QED) is 0.662. The highest BCUT2D eigenvalue weighted by Gasteiger charge is 2.10. The Morgan fingerprint density at radius 1 is 1.50 bits per heavy atom. The van der Waals surface area contributed by atoms with Gasteiger partial charge in [0.25, 0.3) is 0 Å². The van der Waals surface area contributed by atoms with Gasteiger partial charge in [-0.15, -0.1) is 0 Å². The second kappa shape index (κ2) is 5.54. The van der Waals surface area contributed by atoms with Crippen molar-refractivity contribution in [3.63, 3.8) is 0 Å². The Kier molecular flexibility index (Phi) is 3.82. The van der Waals surface area contributed by atoms with Crippen molar-refractivity contribution in [2.45, 2.75) is 6.92 Å². The first kappa shape index (κ1) is 12.4. The average Bonchev–Trinajstić information content (AvgIpc) is 2.79. The van der Waals surface area contributed by atoms with E-state index in [-0.39, 0.29) is 0 Å². The molecule has 3 nitrogen and oxygen atoms in total. The van der Waals surface area contributed by atoms with Crippen molar-refractivity contribution in [1.82, 2.24) is 9.55 Å². The van der Waals surface area contributed by atoms with Gasteiger partial charge < -0.3 is 5.32 Å². The molecular formula is C14H15N3S. The van der Waals surface area contributed by atoms with Crippen molar-refractivity contribution in [3.8, 4) is 0 Å². The molecule has 0 amide bonds. The van der Waals surface area contributed by atoms with Gasteiger partial charge in [-0.2, -0.15) is 0 Å². The first-order valence-electron chi connectivity index (χ1n) is 5.67. The van der Waals surface area contributed by atoms with Gasteiger partial charge in [-0.3, -0.25) is 4.57 Å². The highest BCUT2D eigenvalue weighted by molar-refractivity contribution is 7.96. The molecule has 4 heteroatoms. The largest absolute Gasteiger partial charge is 0.358 e. The molecule has 1 heterocycles. The zero-order valence-corrected chi connectivity index (χ0v) is 11.3.